The molecule has 0 aromatic heterocycles. The zero-order valence-corrected chi connectivity index (χ0v) is 9.34. The molecular formula is C12H15ClO. The lowest BCUT2D eigenvalue weighted by atomic mass is 10.0. The van der Waals surface area contributed by atoms with Gasteiger partial charge in [0.2, 0.25) is 0 Å². The van der Waals surface area contributed by atoms with Crippen LogP contribution in [0.5, 0.6) is 0 Å². The molecule has 0 spiro atoms. The van der Waals surface area contributed by atoms with Gasteiger partial charge < -0.3 is 0 Å². The number of hydrogen-bond donors (Lipinski definition) is 0. The van der Waals surface area contributed by atoms with Crippen LogP contribution in [0.15, 0.2) is 24.3 Å². The van der Waals surface area contributed by atoms with Gasteiger partial charge >= 0.3 is 0 Å². The smallest absolute Gasteiger partial charge is 0.135 e. The van der Waals surface area contributed by atoms with Crippen molar-refractivity contribution in [3.8, 4) is 0 Å². The molecule has 0 unspecified atom stereocenters. The lowest BCUT2D eigenvalue weighted by Gasteiger charge is -2.05. The van der Waals surface area contributed by atoms with Crippen LogP contribution >= 0.6 is 11.6 Å². The fourth-order valence-electron chi connectivity index (χ4n) is 1.25. The molecule has 0 aliphatic rings. The first kappa shape index (κ1) is 11.3. The van der Waals surface area contributed by atoms with Crippen LogP contribution in [0.3, 0.4) is 0 Å². The highest BCUT2D eigenvalue weighted by Gasteiger charge is 2.08. The predicted octanol–water partition coefficient (Wildman–Crippen LogP) is 3.50. The van der Waals surface area contributed by atoms with Gasteiger partial charge in [-0.15, -0.1) is 0 Å². The van der Waals surface area contributed by atoms with Gasteiger partial charge in [-0.3, -0.25) is 4.79 Å². The molecule has 0 heterocycles. The molecule has 0 N–H and O–H groups in total. The number of carbonyl (C=O) groups excluding carboxylic acids is 1. The summed E-state index contributed by atoms with van der Waals surface area (Å²) in [6, 6.07) is 7.67. The molecule has 0 radical (unpaired) electrons. The second kappa shape index (κ2) is 5.16. The monoisotopic (exact) mass is 210 g/mol. The van der Waals surface area contributed by atoms with Gasteiger partial charge in [-0.2, -0.15) is 0 Å². The first-order valence-corrected chi connectivity index (χ1v) is 5.25. The van der Waals surface area contributed by atoms with Crippen molar-refractivity contribution in [1.29, 1.82) is 0 Å². The Morgan fingerprint density at radius 3 is 2.57 bits per heavy atom. The van der Waals surface area contributed by atoms with Crippen LogP contribution in [0, 0.1) is 5.92 Å². The van der Waals surface area contributed by atoms with Gasteiger partial charge in [0.05, 0.1) is 0 Å². The molecule has 0 aliphatic carbocycles. The number of rotatable bonds is 4. The summed E-state index contributed by atoms with van der Waals surface area (Å²) in [5.41, 5.74) is 1.06. The minimum atomic E-state index is 0.123. The average molecular weight is 211 g/mol. The Bertz CT molecular complexity index is 318. The summed E-state index contributed by atoms with van der Waals surface area (Å²) >= 11 is 5.98. The Labute approximate surface area is 90.1 Å². The summed E-state index contributed by atoms with van der Waals surface area (Å²) in [5, 5.41) is 0.754. The number of carbonyl (C=O) groups is 1. The van der Waals surface area contributed by atoms with Gasteiger partial charge in [-0.1, -0.05) is 43.6 Å². The summed E-state index contributed by atoms with van der Waals surface area (Å²) in [7, 11) is 0. The summed E-state index contributed by atoms with van der Waals surface area (Å²) in [6.07, 6.45) is 1.33. The van der Waals surface area contributed by atoms with Crippen LogP contribution in [-0.2, 0) is 11.2 Å². The third kappa shape index (κ3) is 3.15. The quantitative estimate of drug-likeness (QED) is 0.744. The van der Waals surface area contributed by atoms with E-state index in [2.05, 4.69) is 0 Å². The molecule has 1 aromatic carbocycles. The van der Waals surface area contributed by atoms with Crippen LogP contribution in [0.2, 0.25) is 5.02 Å². The van der Waals surface area contributed by atoms with Crippen molar-refractivity contribution in [2.45, 2.75) is 26.7 Å². The summed E-state index contributed by atoms with van der Waals surface area (Å²) in [5.74, 6) is 0.419. The van der Waals surface area contributed by atoms with E-state index in [1.807, 2.05) is 38.1 Å². The van der Waals surface area contributed by atoms with E-state index in [4.69, 9.17) is 11.6 Å². The molecule has 2 heteroatoms. The van der Waals surface area contributed by atoms with E-state index < -0.39 is 0 Å². The van der Waals surface area contributed by atoms with E-state index in [0.717, 1.165) is 17.0 Å². The summed E-state index contributed by atoms with van der Waals surface area (Å²) in [4.78, 5) is 11.4. The van der Waals surface area contributed by atoms with Gasteiger partial charge in [-0.05, 0) is 18.1 Å². The Hall–Kier alpha value is -0.820. The van der Waals surface area contributed by atoms with E-state index in [1.165, 1.54) is 0 Å². The zero-order chi connectivity index (χ0) is 10.6. The molecule has 0 atom stereocenters. The SMILES string of the molecule is CC(C)C(=O)CCc1ccccc1Cl. The van der Waals surface area contributed by atoms with Crippen LogP contribution in [0.25, 0.3) is 0 Å². The highest BCUT2D eigenvalue weighted by molar-refractivity contribution is 6.31. The van der Waals surface area contributed by atoms with Crippen molar-refractivity contribution in [2.75, 3.05) is 0 Å². The first-order valence-electron chi connectivity index (χ1n) is 4.87. The third-order valence-electron chi connectivity index (χ3n) is 2.24. The fraction of sp³-hybridized carbons (Fsp3) is 0.417. The van der Waals surface area contributed by atoms with Crippen LogP contribution < -0.4 is 0 Å². The minimum Gasteiger partial charge on any atom is -0.299 e. The molecule has 0 amide bonds. The Morgan fingerprint density at radius 1 is 1.36 bits per heavy atom. The lowest BCUT2D eigenvalue weighted by molar-refractivity contribution is -0.121. The summed E-state index contributed by atoms with van der Waals surface area (Å²) in [6.45, 7) is 3.85. The highest BCUT2D eigenvalue weighted by Crippen LogP contribution is 2.17. The van der Waals surface area contributed by atoms with E-state index in [9.17, 15) is 4.79 Å². The number of benzene rings is 1. The van der Waals surface area contributed by atoms with Gasteiger partial charge in [0.1, 0.15) is 5.78 Å². The van der Waals surface area contributed by atoms with E-state index >= 15 is 0 Å². The van der Waals surface area contributed by atoms with Crippen molar-refractivity contribution in [3.05, 3.63) is 34.9 Å². The minimum absolute atomic E-state index is 0.123. The maximum Gasteiger partial charge on any atom is 0.135 e. The largest absolute Gasteiger partial charge is 0.299 e. The van der Waals surface area contributed by atoms with Gasteiger partial charge in [-0.25, -0.2) is 0 Å². The number of halogens is 1. The molecular weight excluding hydrogens is 196 g/mol. The molecule has 0 saturated carbocycles. The fourth-order valence-corrected chi connectivity index (χ4v) is 1.48. The van der Waals surface area contributed by atoms with Crippen molar-refractivity contribution < 1.29 is 4.79 Å². The van der Waals surface area contributed by atoms with Crippen LogP contribution in [0.1, 0.15) is 25.8 Å². The van der Waals surface area contributed by atoms with Crippen LogP contribution in [-0.4, -0.2) is 5.78 Å². The molecule has 76 valence electrons. The molecule has 1 aromatic rings. The topological polar surface area (TPSA) is 17.1 Å². The maximum atomic E-state index is 11.4. The molecule has 0 bridgehead atoms. The molecule has 0 aliphatic heterocycles. The molecule has 1 rings (SSSR count). The van der Waals surface area contributed by atoms with E-state index in [1.54, 1.807) is 0 Å². The second-order valence-corrected chi connectivity index (χ2v) is 4.12. The third-order valence-corrected chi connectivity index (χ3v) is 2.61. The number of Topliss-reactive ketones (excluding diaryl/α,β-unsaturated/α-hetero) is 1. The molecule has 1 nitrogen and oxygen atoms in total. The average Bonchev–Trinajstić information content (AvgIpc) is 2.16. The van der Waals surface area contributed by atoms with Crippen molar-refractivity contribution >= 4 is 17.4 Å². The maximum absolute atomic E-state index is 11.4. The van der Waals surface area contributed by atoms with Crippen molar-refractivity contribution in [1.82, 2.24) is 0 Å². The van der Waals surface area contributed by atoms with Crippen molar-refractivity contribution in [3.63, 3.8) is 0 Å². The highest BCUT2D eigenvalue weighted by atomic mass is 35.5. The van der Waals surface area contributed by atoms with Crippen molar-refractivity contribution in [2.24, 2.45) is 5.92 Å². The number of aryl methyl sites for hydroxylation is 1. The van der Waals surface area contributed by atoms with Gasteiger partial charge in [0, 0.05) is 17.4 Å². The van der Waals surface area contributed by atoms with E-state index in [0.29, 0.717) is 12.2 Å². The zero-order valence-electron chi connectivity index (χ0n) is 8.59. The standard InChI is InChI=1S/C12H15ClO/c1-9(2)12(14)8-7-10-5-3-4-6-11(10)13/h3-6,9H,7-8H2,1-2H3. The van der Waals surface area contributed by atoms with Gasteiger partial charge in [0.15, 0.2) is 0 Å². The first-order chi connectivity index (χ1) is 6.61. The molecule has 0 saturated heterocycles. The Morgan fingerprint density at radius 2 is 2.00 bits per heavy atom. The number of ketones is 1. The summed E-state index contributed by atoms with van der Waals surface area (Å²) < 4.78 is 0. The second-order valence-electron chi connectivity index (χ2n) is 3.71. The van der Waals surface area contributed by atoms with E-state index in [-0.39, 0.29) is 5.92 Å². The number of hydrogen-bond acceptors (Lipinski definition) is 1. The lowest BCUT2D eigenvalue weighted by Crippen LogP contribution is -2.07. The molecule has 0 fully saturated rings. The predicted molar refractivity (Wildman–Crippen MR) is 59.6 cm³/mol. The Kier molecular flexibility index (Phi) is 4.15. The Balaban J connectivity index is 2.54. The van der Waals surface area contributed by atoms with Crippen LogP contribution in [0.4, 0.5) is 0 Å². The van der Waals surface area contributed by atoms with Gasteiger partial charge in [0.25, 0.3) is 0 Å². The normalized spacial score (nSPS) is 10.6. The molecule has 14 heavy (non-hydrogen) atoms.